The van der Waals surface area contributed by atoms with Crippen LogP contribution in [-0.2, 0) is 0 Å². The molecular formula is C17H26S. The zero-order valence-corrected chi connectivity index (χ0v) is 13.0. The molecule has 1 aromatic rings. The summed E-state index contributed by atoms with van der Waals surface area (Å²) in [5.41, 5.74) is 1.41. The molecule has 0 atom stereocenters. The summed E-state index contributed by atoms with van der Waals surface area (Å²) in [5.74, 6) is 0.659. The first-order valence-corrected chi connectivity index (χ1v) is 6.75. The highest BCUT2D eigenvalue weighted by molar-refractivity contribution is 7.84. The minimum atomic E-state index is 0.659. The summed E-state index contributed by atoms with van der Waals surface area (Å²) >= 11 is 3.98. The van der Waals surface area contributed by atoms with Crippen molar-refractivity contribution in [3.8, 4) is 0 Å². The van der Waals surface area contributed by atoms with Crippen molar-refractivity contribution in [1.29, 1.82) is 0 Å². The van der Waals surface area contributed by atoms with E-state index in [1.807, 2.05) is 19.9 Å². The van der Waals surface area contributed by atoms with Crippen LogP contribution in [-0.4, -0.2) is 0 Å². The van der Waals surface area contributed by atoms with E-state index in [9.17, 15) is 0 Å². The van der Waals surface area contributed by atoms with Gasteiger partial charge in [0.05, 0.1) is 0 Å². The fraction of sp³-hybridized carbons (Fsp3) is 0.294. The standard InChI is InChI=1S/C9H12.C6H8S.C2H6/c1-8(2)9-6-4-3-5-7-9;1-3-5-6(7)4-2;1-2/h3-8H,1-2H3;3-5,7H,1-2H2;1-2H3/b;6-5+;. The summed E-state index contributed by atoms with van der Waals surface area (Å²) in [5, 5.41) is 0. The zero-order valence-electron chi connectivity index (χ0n) is 12.1. The van der Waals surface area contributed by atoms with E-state index in [0.717, 1.165) is 4.91 Å². The van der Waals surface area contributed by atoms with Crippen LogP contribution in [0.4, 0.5) is 0 Å². The molecular weight excluding hydrogens is 236 g/mol. The smallest absolute Gasteiger partial charge is 0.00338 e. The molecule has 0 radical (unpaired) electrons. The second-order valence-electron chi connectivity index (χ2n) is 3.60. The Balaban J connectivity index is 0. The van der Waals surface area contributed by atoms with Gasteiger partial charge < -0.3 is 0 Å². The summed E-state index contributed by atoms with van der Waals surface area (Å²) < 4.78 is 0. The lowest BCUT2D eigenvalue weighted by Crippen LogP contribution is -1.83. The van der Waals surface area contributed by atoms with Gasteiger partial charge in [-0.1, -0.05) is 83.3 Å². The van der Waals surface area contributed by atoms with Crippen molar-refractivity contribution < 1.29 is 0 Å². The summed E-state index contributed by atoms with van der Waals surface area (Å²) in [7, 11) is 0. The van der Waals surface area contributed by atoms with E-state index in [-0.39, 0.29) is 0 Å². The van der Waals surface area contributed by atoms with Gasteiger partial charge in [-0.25, -0.2) is 0 Å². The molecule has 0 aromatic heterocycles. The van der Waals surface area contributed by atoms with Crippen molar-refractivity contribution in [1.82, 2.24) is 0 Å². The molecule has 0 amide bonds. The molecule has 0 bridgehead atoms. The monoisotopic (exact) mass is 262 g/mol. The van der Waals surface area contributed by atoms with Crippen LogP contribution in [0.2, 0.25) is 0 Å². The molecule has 0 N–H and O–H groups in total. The normalized spacial score (nSPS) is 9.56. The van der Waals surface area contributed by atoms with Gasteiger partial charge in [0.1, 0.15) is 0 Å². The van der Waals surface area contributed by atoms with Crippen LogP contribution in [0.1, 0.15) is 39.2 Å². The maximum atomic E-state index is 3.98. The maximum Gasteiger partial charge on any atom is 0.00338 e. The van der Waals surface area contributed by atoms with Crippen LogP contribution in [0.15, 0.2) is 66.6 Å². The highest BCUT2D eigenvalue weighted by Crippen LogP contribution is 2.11. The third-order valence-electron chi connectivity index (χ3n) is 1.96. The topological polar surface area (TPSA) is 0 Å². The minimum Gasteiger partial charge on any atom is -0.143 e. The fourth-order valence-corrected chi connectivity index (χ4v) is 1.13. The summed E-state index contributed by atoms with van der Waals surface area (Å²) in [6.07, 6.45) is 5.10. The van der Waals surface area contributed by atoms with E-state index in [0.29, 0.717) is 5.92 Å². The van der Waals surface area contributed by atoms with Crippen LogP contribution in [0.5, 0.6) is 0 Å². The molecule has 0 aliphatic rings. The van der Waals surface area contributed by atoms with Gasteiger partial charge in [0, 0.05) is 4.91 Å². The minimum absolute atomic E-state index is 0.659. The van der Waals surface area contributed by atoms with Crippen LogP contribution in [0, 0.1) is 0 Å². The van der Waals surface area contributed by atoms with Crippen LogP contribution in [0.25, 0.3) is 0 Å². The van der Waals surface area contributed by atoms with Gasteiger partial charge >= 0.3 is 0 Å². The Morgan fingerprint density at radius 3 is 1.83 bits per heavy atom. The maximum absolute atomic E-state index is 3.98. The third-order valence-corrected chi connectivity index (χ3v) is 2.30. The molecule has 0 heterocycles. The van der Waals surface area contributed by atoms with Crippen LogP contribution in [0.3, 0.4) is 0 Å². The predicted molar refractivity (Wildman–Crippen MR) is 89.3 cm³/mol. The number of hydrogen-bond donors (Lipinski definition) is 1. The van der Waals surface area contributed by atoms with E-state index < -0.39 is 0 Å². The molecule has 0 unspecified atom stereocenters. The molecule has 1 aromatic carbocycles. The van der Waals surface area contributed by atoms with Gasteiger partial charge in [-0.2, -0.15) is 0 Å². The molecule has 0 aliphatic heterocycles. The summed E-state index contributed by atoms with van der Waals surface area (Å²) in [6.45, 7) is 15.4. The Morgan fingerprint density at radius 1 is 1.11 bits per heavy atom. The molecule has 1 rings (SSSR count). The SMILES string of the molecule is C=C/C=C(/S)C=C.CC.CC(C)c1ccccc1. The highest BCUT2D eigenvalue weighted by atomic mass is 32.1. The molecule has 0 saturated heterocycles. The predicted octanol–water partition coefficient (Wildman–Crippen LogP) is 6.01. The molecule has 0 spiro atoms. The van der Waals surface area contributed by atoms with Crippen molar-refractivity contribution in [3.63, 3.8) is 0 Å². The lowest BCUT2D eigenvalue weighted by molar-refractivity contribution is 0.867. The van der Waals surface area contributed by atoms with Gasteiger partial charge in [0.15, 0.2) is 0 Å². The van der Waals surface area contributed by atoms with Gasteiger partial charge in [-0.15, -0.1) is 12.6 Å². The second-order valence-corrected chi connectivity index (χ2v) is 4.11. The van der Waals surface area contributed by atoms with Crippen LogP contribution >= 0.6 is 12.6 Å². The number of benzene rings is 1. The number of rotatable bonds is 3. The Morgan fingerprint density at radius 2 is 1.61 bits per heavy atom. The first kappa shape index (κ1) is 19.1. The van der Waals surface area contributed by atoms with Crippen molar-refractivity contribution in [2.45, 2.75) is 33.6 Å². The van der Waals surface area contributed by atoms with Gasteiger partial charge in [0.25, 0.3) is 0 Å². The van der Waals surface area contributed by atoms with E-state index in [4.69, 9.17) is 0 Å². The highest BCUT2D eigenvalue weighted by Gasteiger charge is 1.93. The zero-order chi connectivity index (χ0) is 14.4. The molecule has 0 aliphatic carbocycles. The Kier molecular flexibility index (Phi) is 14.7. The lowest BCUT2D eigenvalue weighted by atomic mass is 10.0. The quantitative estimate of drug-likeness (QED) is 0.500. The number of thiol groups is 1. The van der Waals surface area contributed by atoms with Crippen molar-refractivity contribution in [2.24, 2.45) is 0 Å². The number of allylic oxidation sites excluding steroid dienone is 3. The van der Waals surface area contributed by atoms with E-state index >= 15 is 0 Å². The number of hydrogen-bond acceptors (Lipinski definition) is 1. The van der Waals surface area contributed by atoms with Gasteiger partial charge in [0.2, 0.25) is 0 Å². The fourth-order valence-electron chi connectivity index (χ4n) is 1.03. The molecule has 1 heteroatoms. The Labute approximate surface area is 119 Å². The van der Waals surface area contributed by atoms with Gasteiger partial charge in [-0.3, -0.25) is 0 Å². The first-order valence-electron chi connectivity index (χ1n) is 6.30. The molecule has 0 saturated carbocycles. The molecule has 100 valence electrons. The Bertz CT molecular complexity index is 334. The average Bonchev–Trinajstić information content (AvgIpc) is 2.43. The molecule has 18 heavy (non-hydrogen) atoms. The van der Waals surface area contributed by atoms with Crippen LogP contribution < -0.4 is 0 Å². The van der Waals surface area contributed by atoms with E-state index in [1.54, 1.807) is 18.2 Å². The average molecular weight is 262 g/mol. The molecule has 0 fully saturated rings. The van der Waals surface area contributed by atoms with Crippen molar-refractivity contribution in [3.05, 3.63) is 72.2 Å². The largest absolute Gasteiger partial charge is 0.143 e. The summed E-state index contributed by atoms with van der Waals surface area (Å²) in [4.78, 5) is 0.843. The van der Waals surface area contributed by atoms with E-state index in [1.165, 1.54) is 5.56 Å². The third kappa shape index (κ3) is 11.3. The van der Waals surface area contributed by atoms with Crippen molar-refractivity contribution in [2.75, 3.05) is 0 Å². The van der Waals surface area contributed by atoms with Crippen molar-refractivity contribution >= 4 is 12.6 Å². The molecule has 0 nitrogen and oxygen atoms in total. The first-order chi connectivity index (χ1) is 8.61. The summed E-state index contributed by atoms with van der Waals surface area (Å²) in [6, 6.07) is 10.5. The van der Waals surface area contributed by atoms with E-state index in [2.05, 4.69) is 63.9 Å². The second kappa shape index (κ2) is 13.9. The lowest BCUT2D eigenvalue weighted by Gasteiger charge is -2.01. The van der Waals surface area contributed by atoms with Gasteiger partial charge in [-0.05, 0) is 17.6 Å². The Hall–Kier alpha value is -1.21.